The van der Waals surface area contributed by atoms with E-state index in [1.54, 1.807) is 0 Å². The van der Waals surface area contributed by atoms with Crippen molar-refractivity contribution >= 4 is 5.97 Å². The minimum atomic E-state index is -1.55. The largest absolute Gasteiger partial charge is 0.426 e. The number of ether oxygens (including phenoxy) is 1. The molecule has 0 N–H and O–H groups in total. The zero-order chi connectivity index (χ0) is 22.0. The van der Waals surface area contributed by atoms with Crippen LogP contribution in [0.15, 0.2) is 12.1 Å². The van der Waals surface area contributed by atoms with Crippen LogP contribution < -0.4 is 4.74 Å². The number of benzene rings is 1. The van der Waals surface area contributed by atoms with Gasteiger partial charge in [-0.25, -0.2) is 13.2 Å². The Balaban J connectivity index is 1.25. The predicted octanol–water partition coefficient (Wildman–Crippen LogP) is 7.45. The number of carbonyl (C=O) groups excluding carboxylic acids is 1. The van der Waals surface area contributed by atoms with E-state index in [1.165, 1.54) is 51.4 Å². The van der Waals surface area contributed by atoms with Crippen molar-refractivity contribution in [3.63, 3.8) is 0 Å². The molecule has 4 unspecified atom stereocenters. The fourth-order valence-corrected chi connectivity index (χ4v) is 6.74. The van der Waals surface area contributed by atoms with Crippen LogP contribution in [0.2, 0.25) is 0 Å². The van der Waals surface area contributed by atoms with Crippen LogP contribution in [0.4, 0.5) is 13.2 Å². The third-order valence-corrected chi connectivity index (χ3v) is 8.41. The summed E-state index contributed by atoms with van der Waals surface area (Å²) in [6, 6.07) is 1.46. The quantitative estimate of drug-likeness (QED) is 0.272. The van der Waals surface area contributed by atoms with E-state index in [0.717, 1.165) is 61.5 Å². The van der Waals surface area contributed by atoms with Gasteiger partial charge in [0.1, 0.15) is 5.75 Å². The monoisotopic (exact) mass is 436 g/mol. The summed E-state index contributed by atoms with van der Waals surface area (Å²) in [6.45, 7) is 2.30. The maximum atomic E-state index is 13.4. The van der Waals surface area contributed by atoms with Crippen LogP contribution in [-0.2, 0) is 4.79 Å². The number of fused-ring (bicyclic) bond motifs is 1. The highest BCUT2D eigenvalue weighted by atomic mass is 19.2. The summed E-state index contributed by atoms with van der Waals surface area (Å²) in [7, 11) is 0. The second-order valence-corrected chi connectivity index (χ2v) is 10.3. The van der Waals surface area contributed by atoms with Crippen LogP contribution >= 0.6 is 0 Å². The number of hydrogen-bond donors (Lipinski definition) is 0. The first-order valence-corrected chi connectivity index (χ1v) is 12.3. The first-order chi connectivity index (χ1) is 14.9. The molecule has 0 heterocycles. The lowest BCUT2D eigenvalue weighted by molar-refractivity contribution is -0.140. The highest BCUT2D eigenvalue weighted by molar-refractivity contribution is 5.75. The van der Waals surface area contributed by atoms with Crippen molar-refractivity contribution in [2.45, 2.75) is 84.0 Å². The van der Waals surface area contributed by atoms with E-state index in [2.05, 4.69) is 6.92 Å². The van der Waals surface area contributed by atoms with Crippen LogP contribution in [0.1, 0.15) is 84.0 Å². The number of esters is 1. The number of hydrogen-bond acceptors (Lipinski definition) is 2. The Hall–Kier alpha value is -1.52. The first-order valence-electron chi connectivity index (χ1n) is 12.3. The molecule has 4 rings (SSSR count). The summed E-state index contributed by atoms with van der Waals surface area (Å²) < 4.78 is 45.0. The van der Waals surface area contributed by atoms with E-state index < -0.39 is 23.4 Å². The number of rotatable bonds is 5. The van der Waals surface area contributed by atoms with Crippen molar-refractivity contribution in [2.75, 3.05) is 0 Å². The van der Waals surface area contributed by atoms with Gasteiger partial charge in [-0.1, -0.05) is 26.2 Å². The summed E-state index contributed by atoms with van der Waals surface area (Å²) in [5, 5.41) is 0. The maximum absolute atomic E-state index is 13.4. The van der Waals surface area contributed by atoms with Gasteiger partial charge >= 0.3 is 5.97 Å². The minimum absolute atomic E-state index is 0.242. The molecule has 3 fully saturated rings. The van der Waals surface area contributed by atoms with Crippen LogP contribution in [-0.4, -0.2) is 5.97 Å². The highest BCUT2D eigenvalue weighted by Crippen LogP contribution is 2.49. The van der Waals surface area contributed by atoms with Gasteiger partial charge in [-0.2, -0.15) is 0 Å². The van der Waals surface area contributed by atoms with Crippen LogP contribution in [0.3, 0.4) is 0 Å². The molecule has 2 nitrogen and oxygen atoms in total. The highest BCUT2D eigenvalue weighted by Gasteiger charge is 2.39. The molecule has 0 aromatic heterocycles. The van der Waals surface area contributed by atoms with E-state index in [9.17, 15) is 18.0 Å². The number of halogens is 3. The molecular weight excluding hydrogens is 401 g/mol. The van der Waals surface area contributed by atoms with Gasteiger partial charge in [0, 0.05) is 12.1 Å². The standard InChI is InChI=1S/C26H35F3O2/c1-2-3-16-4-5-21-13-20(11-10-19(21)12-16)17-6-8-18(9-7-17)26(30)31-22-14-23(27)25(29)24(28)15-22/h14-21H,2-13H2,1H3. The molecule has 0 saturated heterocycles. The molecule has 4 atom stereocenters. The SMILES string of the molecule is CCCC1CCC2CC(C3CCC(C(=O)Oc4cc(F)c(F)c(F)c4)CC3)CCC2C1. The van der Waals surface area contributed by atoms with Gasteiger partial charge < -0.3 is 4.74 Å². The lowest BCUT2D eigenvalue weighted by atomic mass is 9.60. The molecule has 31 heavy (non-hydrogen) atoms. The van der Waals surface area contributed by atoms with Gasteiger partial charge in [0.25, 0.3) is 0 Å². The van der Waals surface area contributed by atoms with Gasteiger partial charge in [0.15, 0.2) is 17.5 Å². The van der Waals surface area contributed by atoms with Crippen molar-refractivity contribution < 1.29 is 22.7 Å². The number of carbonyl (C=O) groups is 1. The molecule has 0 amide bonds. The lowest BCUT2D eigenvalue weighted by Gasteiger charge is -2.45. The summed E-state index contributed by atoms with van der Waals surface area (Å²) in [5.74, 6) is -0.948. The van der Waals surface area contributed by atoms with Gasteiger partial charge in [-0.3, -0.25) is 4.79 Å². The molecule has 172 valence electrons. The second-order valence-electron chi connectivity index (χ2n) is 10.3. The lowest BCUT2D eigenvalue weighted by Crippen LogP contribution is -2.35. The average Bonchev–Trinajstić information content (AvgIpc) is 2.77. The summed E-state index contributed by atoms with van der Waals surface area (Å²) in [4.78, 5) is 12.5. The van der Waals surface area contributed by atoms with Crippen LogP contribution in [0, 0.1) is 53.0 Å². The Morgan fingerprint density at radius 3 is 2.03 bits per heavy atom. The fraction of sp³-hybridized carbons (Fsp3) is 0.731. The van der Waals surface area contributed by atoms with Crippen molar-refractivity contribution in [3.8, 4) is 5.75 Å². The van der Waals surface area contributed by atoms with E-state index in [-0.39, 0.29) is 11.7 Å². The van der Waals surface area contributed by atoms with Gasteiger partial charge in [-0.15, -0.1) is 0 Å². The fourth-order valence-electron chi connectivity index (χ4n) is 6.74. The van der Waals surface area contributed by atoms with E-state index in [0.29, 0.717) is 5.92 Å². The topological polar surface area (TPSA) is 26.3 Å². The smallest absolute Gasteiger partial charge is 0.314 e. The molecule has 0 radical (unpaired) electrons. The third-order valence-electron chi connectivity index (χ3n) is 8.41. The summed E-state index contributed by atoms with van der Waals surface area (Å²) in [5.41, 5.74) is 0. The molecular formula is C26H35F3O2. The Bertz CT molecular complexity index is 749. The maximum Gasteiger partial charge on any atom is 0.314 e. The Labute approximate surface area is 183 Å². The zero-order valence-electron chi connectivity index (χ0n) is 18.6. The van der Waals surface area contributed by atoms with E-state index >= 15 is 0 Å². The molecule has 3 aliphatic carbocycles. The van der Waals surface area contributed by atoms with E-state index in [4.69, 9.17) is 4.74 Å². The first kappa shape index (κ1) is 22.7. The molecule has 1 aromatic rings. The third kappa shape index (κ3) is 5.28. The molecule has 0 aliphatic heterocycles. The summed E-state index contributed by atoms with van der Waals surface area (Å²) >= 11 is 0. The average molecular weight is 437 g/mol. The molecule has 0 spiro atoms. The van der Waals surface area contributed by atoms with E-state index in [1.807, 2.05) is 0 Å². The van der Waals surface area contributed by atoms with Crippen LogP contribution in [0.5, 0.6) is 5.75 Å². The molecule has 3 aliphatic rings. The Kier molecular flexibility index (Phi) is 7.28. The molecule has 1 aromatic carbocycles. The predicted molar refractivity (Wildman–Crippen MR) is 114 cm³/mol. The van der Waals surface area contributed by atoms with Gasteiger partial charge in [0.05, 0.1) is 5.92 Å². The van der Waals surface area contributed by atoms with Crippen molar-refractivity contribution in [1.82, 2.24) is 0 Å². The van der Waals surface area contributed by atoms with Crippen molar-refractivity contribution in [2.24, 2.45) is 35.5 Å². The summed E-state index contributed by atoms with van der Waals surface area (Å²) in [6.07, 6.45) is 14.6. The van der Waals surface area contributed by atoms with Crippen LogP contribution in [0.25, 0.3) is 0 Å². The molecule has 5 heteroatoms. The van der Waals surface area contributed by atoms with Crippen molar-refractivity contribution in [3.05, 3.63) is 29.6 Å². The Morgan fingerprint density at radius 1 is 0.839 bits per heavy atom. The van der Waals surface area contributed by atoms with Gasteiger partial charge in [0.2, 0.25) is 0 Å². The van der Waals surface area contributed by atoms with Gasteiger partial charge in [-0.05, 0) is 87.4 Å². The zero-order valence-corrected chi connectivity index (χ0v) is 18.6. The molecule has 3 saturated carbocycles. The minimum Gasteiger partial charge on any atom is -0.426 e. The normalized spacial score (nSPS) is 33.5. The second kappa shape index (κ2) is 9.95. The molecule has 0 bridgehead atoms. The Morgan fingerprint density at radius 2 is 1.39 bits per heavy atom. The van der Waals surface area contributed by atoms with Crippen molar-refractivity contribution in [1.29, 1.82) is 0 Å².